The van der Waals surface area contributed by atoms with Crippen molar-refractivity contribution in [2.75, 3.05) is 5.73 Å². The molecule has 2 aromatic heterocycles. The molecule has 0 radical (unpaired) electrons. The summed E-state index contributed by atoms with van der Waals surface area (Å²) in [5.74, 6) is -0.650. The van der Waals surface area contributed by atoms with Gasteiger partial charge in [0.15, 0.2) is 5.13 Å². The molecule has 0 unspecified atom stereocenters. The van der Waals surface area contributed by atoms with Crippen molar-refractivity contribution >= 4 is 38.5 Å². The summed E-state index contributed by atoms with van der Waals surface area (Å²) in [5.41, 5.74) is 7.83. The quantitative estimate of drug-likeness (QED) is 0.639. The van der Waals surface area contributed by atoms with Crippen LogP contribution in [0, 0.1) is 0 Å². The van der Waals surface area contributed by atoms with Crippen LogP contribution in [0.25, 0.3) is 10.2 Å². The van der Waals surface area contributed by atoms with Gasteiger partial charge in [-0.15, -0.1) is 0 Å². The second kappa shape index (κ2) is 7.49. The number of nitrogens with two attached hydrogens (primary N) is 1. The van der Waals surface area contributed by atoms with E-state index in [1.165, 1.54) is 11.3 Å². The highest BCUT2D eigenvalue weighted by molar-refractivity contribution is 7.22. The van der Waals surface area contributed by atoms with Gasteiger partial charge in [-0.05, 0) is 43.7 Å². The lowest BCUT2D eigenvalue weighted by atomic mass is 10.2. The van der Waals surface area contributed by atoms with E-state index in [2.05, 4.69) is 20.6 Å². The Bertz CT molecular complexity index is 967. The minimum absolute atomic E-state index is 0.00329. The molecule has 134 valence electrons. The van der Waals surface area contributed by atoms with Gasteiger partial charge in [-0.25, -0.2) is 9.97 Å². The van der Waals surface area contributed by atoms with E-state index in [0.29, 0.717) is 11.7 Å². The lowest BCUT2D eigenvalue weighted by Crippen LogP contribution is -2.31. The number of carbonyl (C=O) groups is 2. The first-order valence-electron chi connectivity index (χ1n) is 8.13. The lowest BCUT2D eigenvalue weighted by molar-refractivity contribution is 0.0936. The Morgan fingerprint density at radius 1 is 1.12 bits per heavy atom. The first-order valence-corrected chi connectivity index (χ1v) is 8.95. The summed E-state index contributed by atoms with van der Waals surface area (Å²) in [7, 11) is 0. The number of benzene rings is 1. The highest BCUT2D eigenvalue weighted by Crippen LogP contribution is 2.24. The van der Waals surface area contributed by atoms with Crippen molar-refractivity contribution in [2.45, 2.75) is 26.4 Å². The predicted molar refractivity (Wildman–Crippen MR) is 102 cm³/mol. The van der Waals surface area contributed by atoms with Crippen molar-refractivity contribution in [1.29, 1.82) is 0 Å². The van der Waals surface area contributed by atoms with Crippen LogP contribution in [0.5, 0.6) is 0 Å². The Morgan fingerprint density at radius 3 is 2.58 bits per heavy atom. The number of carbonyl (C=O) groups excluding carboxylic acids is 2. The lowest BCUT2D eigenvalue weighted by Gasteiger charge is -2.09. The fraction of sp³-hybridized carbons (Fsp3) is 0.222. The Kier molecular flexibility index (Phi) is 5.13. The standard InChI is InChI=1S/C18H19N5O2S/c1-10(2)21-17(25)13-5-3-4-12(22-13)16(24)20-9-11-6-7-15-14(8-11)23-18(19)26-15/h3-8,10H,9H2,1-2H3,(H2,19,23)(H,20,24)(H,21,25). The molecule has 0 aliphatic rings. The van der Waals surface area contributed by atoms with Crippen molar-refractivity contribution in [3.63, 3.8) is 0 Å². The van der Waals surface area contributed by atoms with Crippen LogP contribution in [0.15, 0.2) is 36.4 Å². The molecule has 2 amide bonds. The van der Waals surface area contributed by atoms with Crippen molar-refractivity contribution in [3.8, 4) is 0 Å². The number of amides is 2. The van der Waals surface area contributed by atoms with E-state index in [1.807, 2.05) is 32.0 Å². The van der Waals surface area contributed by atoms with Gasteiger partial charge in [0.2, 0.25) is 0 Å². The van der Waals surface area contributed by atoms with E-state index in [4.69, 9.17) is 5.73 Å². The van der Waals surface area contributed by atoms with Crippen molar-refractivity contribution in [3.05, 3.63) is 53.3 Å². The number of hydrogen-bond acceptors (Lipinski definition) is 6. The SMILES string of the molecule is CC(C)NC(=O)c1cccc(C(=O)NCc2ccc3sc(N)nc3c2)n1. The predicted octanol–water partition coefficient (Wildman–Crippen LogP) is 2.34. The number of pyridine rings is 1. The molecule has 3 aromatic rings. The average molecular weight is 369 g/mol. The number of aromatic nitrogens is 2. The minimum Gasteiger partial charge on any atom is -0.375 e. The molecule has 0 saturated carbocycles. The van der Waals surface area contributed by atoms with Crippen LogP contribution >= 0.6 is 11.3 Å². The largest absolute Gasteiger partial charge is 0.375 e. The number of anilines is 1. The van der Waals surface area contributed by atoms with Gasteiger partial charge in [0.1, 0.15) is 11.4 Å². The molecule has 0 atom stereocenters. The molecular formula is C18H19N5O2S. The minimum atomic E-state index is -0.345. The fourth-order valence-electron chi connectivity index (χ4n) is 2.40. The molecule has 3 rings (SSSR count). The number of hydrogen-bond donors (Lipinski definition) is 3. The van der Waals surface area contributed by atoms with Crippen LogP contribution in [0.1, 0.15) is 40.4 Å². The Labute approximate surface area is 154 Å². The molecule has 1 aromatic carbocycles. The van der Waals surface area contributed by atoms with Gasteiger partial charge < -0.3 is 16.4 Å². The van der Waals surface area contributed by atoms with Crippen LogP contribution in [0.2, 0.25) is 0 Å². The third-order valence-electron chi connectivity index (χ3n) is 3.56. The molecule has 0 aliphatic carbocycles. The zero-order chi connectivity index (χ0) is 18.7. The third kappa shape index (κ3) is 4.15. The monoisotopic (exact) mass is 369 g/mol. The van der Waals surface area contributed by atoms with Gasteiger partial charge in [-0.3, -0.25) is 9.59 Å². The normalized spacial score (nSPS) is 10.9. The Hall–Kier alpha value is -3.00. The molecule has 7 nitrogen and oxygen atoms in total. The molecule has 2 heterocycles. The van der Waals surface area contributed by atoms with Gasteiger partial charge in [-0.1, -0.05) is 23.5 Å². The maximum atomic E-state index is 12.3. The highest BCUT2D eigenvalue weighted by atomic mass is 32.1. The number of thiazole rings is 1. The molecule has 0 spiro atoms. The first kappa shape index (κ1) is 17.8. The number of fused-ring (bicyclic) bond motifs is 1. The van der Waals surface area contributed by atoms with Crippen LogP contribution in [-0.2, 0) is 6.54 Å². The summed E-state index contributed by atoms with van der Waals surface area (Å²) in [6.07, 6.45) is 0. The smallest absolute Gasteiger partial charge is 0.270 e. The number of nitrogens with one attached hydrogen (secondary N) is 2. The van der Waals surface area contributed by atoms with Crippen LogP contribution in [-0.4, -0.2) is 27.8 Å². The second-order valence-electron chi connectivity index (χ2n) is 6.07. The zero-order valence-corrected chi connectivity index (χ0v) is 15.3. The number of nitrogens with zero attached hydrogens (tertiary/aromatic N) is 2. The van der Waals surface area contributed by atoms with Crippen LogP contribution in [0.3, 0.4) is 0 Å². The zero-order valence-electron chi connectivity index (χ0n) is 14.4. The van der Waals surface area contributed by atoms with E-state index in [1.54, 1.807) is 18.2 Å². The number of nitrogen functional groups attached to an aromatic ring is 1. The van der Waals surface area contributed by atoms with Gasteiger partial charge in [0, 0.05) is 12.6 Å². The van der Waals surface area contributed by atoms with Crippen LogP contribution in [0.4, 0.5) is 5.13 Å². The molecule has 0 fully saturated rings. The summed E-state index contributed by atoms with van der Waals surface area (Å²) in [5, 5.41) is 6.07. The summed E-state index contributed by atoms with van der Waals surface area (Å²) in [6.45, 7) is 4.05. The molecule has 0 bridgehead atoms. The van der Waals surface area contributed by atoms with E-state index in [-0.39, 0.29) is 29.2 Å². The molecule has 26 heavy (non-hydrogen) atoms. The molecule has 8 heteroatoms. The van der Waals surface area contributed by atoms with Crippen LogP contribution < -0.4 is 16.4 Å². The maximum absolute atomic E-state index is 12.3. The van der Waals surface area contributed by atoms with E-state index >= 15 is 0 Å². The van der Waals surface area contributed by atoms with Gasteiger partial charge in [0.05, 0.1) is 10.2 Å². The topological polar surface area (TPSA) is 110 Å². The average Bonchev–Trinajstić information content (AvgIpc) is 2.98. The maximum Gasteiger partial charge on any atom is 0.270 e. The van der Waals surface area contributed by atoms with E-state index in [9.17, 15) is 9.59 Å². The Balaban J connectivity index is 1.68. The highest BCUT2D eigenvalue weighted by Gasteiger charge is 2.13. The molecule has 0 aliphatic heterocycles. The van der Waals surface area contributed by atoms with Gasteiger partial charge in [0.25, 0.3) is 11.8 Å². The summed E-state index contributed by atoms with van der Waals surface area (Å²) in [4.78, 5) is 32.7. The summed E-state index contributed by atoms with van der Waals surface area (Å²) < 4.78 is 1.00. The second-order valence-corrected chi connectivity index (χ2v) is 7.14. The van der Waals surface area contributed by atoms with Gasteiger partial charge in [-0.2, -0.15) is 0 Å². The third-order valence-corrected chi connectivity index (χ3v) is 4.42. The van der Waals surface area contributed by atoms with E-state index in [0.717, 1.165) is 15.8 Å². The summed E-state index contributed by atoms with van der Waals surface area (Å²) in [6, 6.07) is 10.5. The summed E-state index contributed by atoms with van der Waals surface area (Å²) >= 11 is 1.42. The van der Waals surface area contributed by atoms with Crippen molar-refractivity contribution in [2.24, 2.45) is 0 Å². The van der Waals surface area contributed by atoms with Crippen molar-refractivity contribution in [1.82, 2.24) is 20.6 Å². The van der Waals surface area contributed by atoms with Gasteiger partial charge >= 0.3 is 0 Å². The first-order chi connectivity index (χ1) is 12.4. The number of rotatable bonds is 5. The Morgan fingerprint density at radius 2 is 1.85 bits per heavy atom. The van der Waals surface area contributed by atoms with Crippen molar-refractivity contribution < 1.29 is 9.59 Å². The van der Waals surface area contributed by atoms with E-state index < -0.39 is 0 Å². The fourth-order valence-corrected chi connectivity index (χ4v) is 3.11. The molecule has 4 N–H and O–H groups in total. The molecular weight excluding hydrogens is 350 g/mol. The molecule has 0 saturated heterocycles.